The molecule has 3 aromatic rings. The molecule has 1 aromatic heterocycles. The molecule has 5 heteroatoms. The number of thioether (sulfide) groups is 1. The third-order valence-corrected chi connectivity index (χ3v) is 5.67. The topological polar surface area (TPSA) is 33.2 Å². The van der Waals surface area contributed by atoms with E-state index in [0.717, 1.165) is 22.9 Å². The van der Waals surface area contributed by atoms with Gasteiger partial charge < -0.3 is 0 Å². The van der Waals surface area contributed by atoms with Crippen LogP contribution in [0.15, 0.2) is 71.8 Å². The van der Waals surface area contributed by atoms with Gasteiger partial charge in [-0.1, -0.05) is 78.6 Å². The van der Waals surface area contributed by atoms with Gasteiger partial charge in [0.1, 0.15) is 4.32 Å². The summed E-state index contributed by atoms with van der Waals surface area (Å²) in [5.41, 5.74) is 3.03. The lowest BCUT2D eigenvalue weighted by Gasteiger charge is -2.14. The molecule has 2 aromatic carbocycles. The lowest BCUT2D eigenvalue weighted by atomic mass is 10.1. The summed E-state index contributed by atoms with van der Waals surface area (Å²) in [5, 5.41) is 1.06. The van der Waals surface area contributed by atoms with Gasteiger partial charge in [-0.15, -0.1) is 0 Å². The number of carbonyl (C=O) groups excluding carboxylic acids is 1. The number of aromatic nitrogens is 1. The number of nitrogens with zero attached hydrogens (tertiary/aromatic N) is 2. The summed E-state index contributed by atoms with van der Waals surface area (Å²) in [4.78, 5) is 19.6. The van der Waals surface area contributed by atoms with Gasteiger partial charge in [-0.25, -0.2) is 0 Å². The molecular weight excluding hydrogens is 360 g/mol. The number of rotatable bonds is 4. The minimum absolute atomic E-state index is 0.0242. The fourth-order valence-corrected chi connectivity index (χ4v) is 4.26. The molecule has 128 valence electrons. The van der Waals surface area contributed by atoms with Gasteiger partial charge in [-0.2, -0.15) is 0 Å². The van der Waals surface area contributed by atoms with Crippen LogP contribution in [-0.2, 0) is 11.2 Å². The van der Waals surface area contributed by atoms with Crippen LogP contribution in [0.25, 0.3) is 17.0 Å². The fourth-order valence-electron chi connectivity index (χ4n) is 2.96. The summed E-state index contributed by atoms with van der Waals surface area (Å²) in [7, 11) is 0. The van der Waals surface area contributed by atoms with Crippen LogP contribution >= 0.6 is 24.0 Å². The minimum atomic E-state index is -0.0242. The van der Waals surface area contributed by atoms with E-state index in [9.17, 15) is 4.79 Å². The monoisotopic (exact) mass is 376 g/mol. The Hall–Kier alpha value is -2.50. The second-order valence-corrected chi connectivity index (χ2v) is 7.67. The van der Waals surface area contributed by atoms with Crippen LogP contribution in [0.3, 0.4) is 0 Å². The highest BCUT2D eigenvalue weighted by Gasteiger charge is 2.31. The van der Waals surface area contributed by atoms with Gasteiger partial charge >= 0.3 is 0 Å². The van der Waals surface area contributed by atoms with Crippen molar-refractivity contribution in [2.75, 3.05) is 6.54 Å². The van der Waals surface area contributed by atoms with E-state index in [0.29, 0.717) is 15.8 Å². The van der Waals surface area contributed by atoms with Crippen molar-refractivity contribution in [3.05, 3.63) is 82.9 Å². The van der Waals surface area contributed by atoms with Gasteiger partial charge in [0.2, 0.25) is 0 Å². The molecule has 0 saturated carbocycles. The Morgan fingerprint density at radius 1 is 1.04 bits per heavy atom. The predicted molar refractivity (Wildman–Crippen MR) is 112 cm³/mol. The zero-order valence-electron chi connectivity index (χ0n) is 14.0. The Bertz CT molecular complexity index is 1010. The number of benzene rings is 2. The molecule has 0 N–H and O–H groups in total. The smallest absolute Gasteiger partial charge is 0.266 e. The highest BCUT2D eigenvalue weighted by molar-refractivity contribution is 8.26. The molecule has 0 spiro atoms. The first kappa shape index (κ1) is 16.9. The molecule has 1 aliphatic heterocycles. The van der Waals surface area contributed by atoms with E-state index in [1.54, 1.807) is 11.1 Å². The highest BCUT2D eigenvalue weighted by atomic mass is 32.2. The Kier molecular flexibility index (Phi) is 4.82. The van der Waals surface area contributed by atoms with E-state index in [1.165, 1.54) is 17.3 Å². The molecule has 2 heterocycles. The molecule has 0 bridgehead atoms. The molecule has 0 radical (unpaired) electrons. The van der Waals surface area contributed by atoms with Crippen LogP contribution in [0.5, 0.6) is 0 Å². The number of carbonyl (C=O) groups is 1. The maximum Gasteiger partial charge on any atom is 0.266 e. The molecular formula is C21H16N2OS2. The first-order chi connectivity index (χ1) is 12.7. The number of hydrogen-bond donors (Lipinski definition) is 0. The van der Waals surface area contributed by atoms with Crippen LogP contribution in [-0.4, -0.2) is 26.7 Å². The van der Waals surface area contributed by atoms with Crippen LogP contribution < -0.4 is 0 Å². The molecule has 1 fully saturated rings. The molecule has 0 atom stereocenters. The quantitative estimate of drug-likeness (QED) is 0.489. The van der Waals surface area contributed by atoms with Crippen LogP contribution in [0, 0.1) is 0 Å². The van der Waals surface area contributed by atoms with Gasteiger partial charge in [0, 0.05) is 23.7 Å². The summed E-state index contributed by atoms with van der Waals surface area (Å²) >= 11 is 6.80. The number of amides is 1. The van der Waals surface area contributed by atoms with Crippen LogP contribution in [0.4, 0.5) is 0 Å². The van der Waals surface area contributed by atoms with E-state index in [1.807, 2.05) is 54.6 Å². The largest absolute Gasteiger partial charge is 0.293 e. The maximum absolute atomic E-state index is 12.8. The zero-order valence-corrected chi connectivity index (χ0v) is 15.6. The Labute approximate surface area is 161 Å². The second kappa shape index (κ2) is 7.40. The Morgan fingerprint density at radius 3 is 2.69 bits per heavy atom. The summed E-state index contributed by atoms with van der Waals surface area (Å²) in [6.45, 7) is 0.597. The van der Waals surface area contributed by atoms with Crippen molar-refractivity contribution in [2.24, 2.45) is 0 Å². The fraction of sp³-hybridized carbons (Fsp3) is 0.0952. The number of fused-ring (bicyclic) bond motifs is 1. The number of hydrogen-bond acceptors (Lipinski definition) is 4. The molecule has 0 aliphatic carbocycles. The minimum Gasteiger partial charge on any atom is -0.293 e. The predicted octanol–water partition coefficient (Wildman–Crippen LogP) is 4.68. The number of pyridine rings is 1. The Balaban J connectivity index is 1.57. The van der Waals surface area contributed by atoms with E-state index >= 15 is 0 Å². The van der Waals surface area contributed by atoms with Crippen LogP contribution in [0.2, 0.25) is 0 Å². The van der Waals surface area contributed by atoms with Crippen molar-refractivity contribution in [1.82, 2.24) is 9.88 Å². The first-order valence-corrected chi connectivity index (χ1v) is 9.58. The van der Waals surface area contributed by atoms with Crippen molar-refractivity contribution in [3.8, 4) is 0 Å². The first-order valence-electron chi connectivity index (χ1n) is 8.35. The molecule has 1 saturated heterocycles. The summed E-state index contributed by atoms with van der Waals surface area (Å²) in [6, 6.07) is 20.0. The van der Waals surface area contributed by atoms with Gasteiger partial charge in [0.25, 0.3) is 5.91 Å². The second-order valence-electron chi connectivity index (χ2n) is 5.99. The third kappa shape index (κ3) is 3.41. The third-order valence-electron chi connectivity index (χ3n) is 4.29. The van der Waals surface area contributed by atoms with E-state index in [4.69, 9.17) is 12.2 Å². The standard InChI is InChI=1S/C21H16N2OS2/c24-20-18(14-17-9-4-8-16-10-5-12-22-19(16)17)26-21(25)23(20)13-11-15-6-2-1-3-7-15/h1-10,12,14H,11,13H2. The summed E-state index contributed by atoms with van der Waals surface area (Å²) < 4.78 is 0.616. The number of para-hydroxylation sites is 1. The van der Waals surface area contributed by atoms with Crippen molar-refractivity contribution in [1.29, 1.82) is 0 Å². The van der Waals surface area contributed by atoms with E-state index in [-0.39, 0.29) is 5.91 Å². The normalized spacial score (nSPS) is 16.0. The summed E-state index contributed by atoms with van der Waals surface area (Å²) in [5.74, 6) is -0.0242. The highest BCUT2D eigenvalue weighted by Crippen LogP contribution is 2.33. The van der Waals surface area contributed by atoms with Crippen molar-refractivity contribution in [3.63, 3.8) is 0 Å². The van der Waals surface area contributed by atoms with E-state index in [2.05, 4.69) is 17.1 Å². The average Bonchev–Trinajstić information content (AvgIpc) is 2.94. The van der Waals surface area contributed by atoms with Gasteiger partial charge in [0.05, 0.1) is 10.4 Å². The lowest BCUT2D eigenvalue weighted by molar-refractivity contribution is -0.122. The van der Waals surface area contributed by atoms with Crippen molar-refractivity contribution < 1.29 is 4.79 Å². The van der Waals surface area contributed by atoms with Crippen molar-refractivity contribution >= 4 is 51.2 Å². The maximum atomic E-state index is 12.8. The molecule has 4 rings (SSSR count). The summed E-state index contributed by atoms with van der Waals surface area (Å²) in [6.07, 6.45) is 4.46. The molecule has 1 aliphatic rings. The SMILES string of the molecule is O=C1C(=Cc2cccc3cccnc23)SC(=S)N1CCc1ccccc1. The van der Waals surface area contributed by atoms with E-state index < -0.39 is 0 Å². The number of thiocarbonyl (C=S) groups is 1. The van der Waals surface area contributed by atoms with Gasteiger partial charge in [0.15, 0.2) is 0 Å². The van der Waals surface area contributed by atoms with Crippen LogP contribution in [0.1, 0.15) is 11.1 Å². The average molecular weight is 377 g/mol. The molecule has 26 heavy (non-hydrogen) atoms. The Morgan fingerprint density at radius 2 is 1.85 bits per heavy atom. The van der Waals surface area contributed by atoms with Gasteiger partial charge in [-0.05, 0) is 24.1 Å². The molecule has 0 unspecified atom stereocenters. The lowest BCUT2D eigenvalue weighted by Crippen LogP contribution is -2.30. The molecule has 3 nitrogen and oxygen atoms in total. The van der Waals surface area contributed by atoms with Gasteiger partial charge in [-0.3, -0.25) is 14.7 Å². The van der Waals surface area contributed by atoms with Crippen molar-refractivity contribution in [2.45, 2.75) is 6.42 Å². The molecule has 1 amide bonds. The zero-order chi connectivity index (χ0) is 17.9.